The van der Waals surface area contributed by atoms with E-state index < -0.39 is 23.1 Å². The van der Waals surface area contributed by atoms with E-state index in [1.54, 1.807) is 32.0 Å². The van der Waals surface area contributed by atoms with Crippen LogP contribution in [0, 0.1) is 17.0 Å². The number of hydrogen-bond acceptors (Lipinski definition) is 9. The maximum Gasteiger partial charge on any atom is 0.344 e. The molecule has 0 saturated heterocycles. The predicted octanol–water partition coefficient (Wildman–Crippen LogP) is 6.01. The van der Waals surface area contributed by atoms with Gasteiger partial charge in [0.2, 0.25) is 0 Å². The van der Waals surface area contributed by atoms with E-state index in [0.717, 1.165) is 16.9 Å². The van der Waals surface area contributed by atoms with E-state index in [1.165, 1.54) is 29.1 Å². The highest BCUT2D eigenvalue weighted by Crippen LogP contribution is 2.34. The van der Waals surface area contributed by atoms with E-state index in [1.807, 2.05) is 32.0 Å². The molecule has 224 valence electrons. The molecule has 43 heavy (non-hydrogen) atoms. The Morgan fingerprint density at radius 2 is 1.81 bits per heavy atom. The Morgan fingerprint density at radius 1 is 1.07 bits per heavy atom. The Bertz CT molecular complexity index is 1760. The van der Waals surface area contributed by atoms with Crippen LogP contribution in [0.5, 0.6) is 11.5 Å². The quantitative estimate of drug-likeness (QED) is 0.0902. The number of carbonyl (C=O) groups excluding carboxylic acids is 1. The molecule has 11 heteroatoms. The maximum atomic E-state index is 13.7. The number of aromatic nitrogens is 2. The molecule has 0 radical (unpaired) electrons. The van der Waals surface area contributed by atoms with Gasteiger partial charge in [-0.2, -0.15) is 9.78 Å². The normalized spacial score (nSPS) is 11.4. The molecule has 4 aromatic rings. The van der Waals surface area contributed by atoms with Crippen LogP contribution >= 0.6 is 0 Å². The van der Waals surface area contributed by atoms with Crippen LogP contribution in [-0.2, 0) is 9.53 Å². The second-order valence-electron chi connectivity index (χ2n) is 10.4. The molecular formula is C32H34N4O7. The number of aryl methyl sites for hydroxylation is 1. The number of nitro benzene ring substituents is 1. The number of esters is 1. The second-order valence-corrected chi connectivity index (χ2v) is 10.4. The lowest BCUT2D eigenvalue weighted by Gasteiger charge is -2.18. The molecule has 0 amide bonds. The third-order valence-electron chi connectivity index (χ3n) is 6.49. The largest absolute Gasteiger partial charge is 0.494 e. The Kier molecular flexibility index (Phi) is 9.54. The molecule has 0 aliphatic carbocycles. The maximum absolute atomic E-state index is 13.7. The molecule has 0 spiro atoms. The van der Waals surface area contributed by atoms with Crippen molar-refractivity contribution in [3.05, 3.63) is 91.8 Å². The van der Waals surface area contributed by atoms with Gasteiger partial charge in [-0.1, -0.05) is 26.0 Å². The van der Waals surface area contributed by atoms with E-state index >= 15 is 0 Å². The topological polar surface area (TPSA) is 135 Å². The Morgan fingerprint density at radius 3 is 2.49 bits per heavy atom. The minimum atomic E-state index is -0.643. The van der Waals surface area contributed by atoms with Crippen molar-refractivity contribution >= 4 is 28.8 Å². The highest BCUT2D eigenvalue weighted by atomic mass is 16.6. The standard InChI is InChI=1S/C32H34N4O7/c1-7-41-29-14-21(6)25(16-24(29)19(2)3)31-34-26-11-9-8-10-23(26)32(38)35(31)33-17-22-12-13-28(27(15-22)36(39)40)42-18-30(37)43-20(4)5/h8-17,19-20H,7,18H2,1-6H3. The first-order valence-corrected chi connectivity index (χ1v) is 13.9. The van der Waals surface area contributed by atoms with Crippen molar-refractivity contribution in [3.63, 3.8) is 0 Å². The molecule has 0 atom stereocenters. The summed E-state index contributed by atoms with van der Waals surface area (Å²) < 4.78 is 17.5. The average molecular weight is 587 g/mol. The minimum absolute atomic E-state index is 0.0979. The van der Waals surface area contributed by atoms with Crippen LogP contribution in [0.2, 0.25) is 0 Å². The van der Waals surface area contributed by atoms with E-state index in [9.17, 15) is 19.7 Å². The number of rotatable bonds is 11. The fourth-order valence-electron chi connectivity index (χ4n) is 4.51. The fourth-order valence-corrected chi connectivity index (χ4v) is 4.51. The highest BCUT2D eigenvalue weighted by Gasteiger charge is 2.20. The van der Waals surface area contributed by atoms with Crippen molar-refractivity contribution in [1.29, 1.82) is 0 Å². The summed E-state index contributed by atoms with van der Waals surface area (Å²) >= 11 is 0. The van der Waals surface area contributed by atoms with Crippen LogP contribution in [0.25, 0.3) is 22.3 Å². The van der Waals surface area contributed by atoms with Gasteiger partial charge >= 0.3 is 11.7 Å². The summed E-state index contributed by atoms with van der Waals surface area (Å²) in [4.78, 5) is 41.6. The first-order chi connectivity index (χ1) is 20.5. The van der Waals surface area contributed by atoms with Gasteiger partial charge in [0.15, 0.2) is 18.2 Å². The third kappa shape index (κ3) is 7.06. The highest BCUT2D eigenvalue weighted by molar-refractivity contribution is 5.83. The number of nitro groups is 1. The minimum Gasteiger partial charge on any atom is -0.494 e. The lowest BCUT2D eigenvalue weighted by molar-refractivity contribution is -0.385. The van der Waals surface area contributed by atoms with Gasteiger partial charge in [0.25, 0.3) is 5.56 Å². The van der Waals surface area contributed by atoms with Gasteiger partial charge in [0.1, 0.15) is 5.75 Å². The predicted molar refractivity (Wildman–Crippen MR) is 164 cm³/mol. The first kappa shape index (κ1) is 30.9. The number of fused-ring (bicyclic) bond motifs is 1. The molecule has 1 aromatic heterocycles. The first-order valence-electron chi connectivity index (χ1n) is 13.9. The summed E-state index contributed by atoms with van der Waals surface area (Å²) in [6.45, 7) is 11.4. The molecule has 1 heterocycles. The molecule has 3 aromatic carbocycles. The molecule has 0 fully saturated rings. The van der Waals surface area contributed by atoms with Crippen LogP contribution in [0.4, 0.5) is 5.69 Å². The molecule has 0 unspecified atom stereocenters. The SMILES string of the molecule is CCOc1cc(C)c(-c2nc3ccccc3c(=O)n2N=Cc2ccc(OCC(=O)OC(C)C)c([N+](=O)[O-])c2)cc1C(C)C. The van der Waals surface area contributed by atoms with Crippen molar-refractivity contribution in [3.8, 4) is 22.9 Å². The summed E-state index contributed by atoms with van der Waals surface area (Å²) in [5.74, 6) is 0.484. The van der Waals surface area contributed by atoms with Crippen molar-refractivity contribution in [2.75, 3.05) is 13.2 Å². The third-order valence-corrected chi connectivity index (χ3v) is 6.49. The summed E-state index contributed by atoms with van der Waals surface area (Å²) in [7, 11) is 0. The van der Waals surface area contributed by atoms with Gasteiger partial charge in [0.05, 0.1) is 34.8 Å². The van der Waals surface area contributed by atoms with Gasteiger partial charge in [-0.3, -0.25) is 14.9 Å². The van der Waals surface area contributed by atoms with Crippen molar-refractivity contribution in [2.24, 2.45) is 5.10 Å². The fraction of sp³-hybridized carbons (Fsp3) is 0.312. The lowest BCUT2D eigenvalue weighted by atomic mass is 9.96. The van der Waals surface area contributed by atoms with Gasteiger partial charge in [-0.05, 0) is 81.1 Å². The number of para-hydroxylation sites is 1. The van der Waals surface area contributed by atoms with Gasteiger partial charge in [-0.15, -0.1) is 0 Å². The molecule has 0 N–H and O–H groups in total. The van der Waals surface area contributed by atoms with Crippen LogP contribution in [-0.4, -0.2) is 46.1 Å². The van der Waals surface area contributed by atoms with Crippen LogP contribution in [0.1, 0.15) is 57.2 Å². The molecule has 0 aliphatic heterocycles. The number of ether oxygens (including phenoxy) is 3. The molecule has 0 bridgehead atoms. The lowest BCUT2D eigenvalue weighted by Crippen LogP contribution is -2.21. The average Bonchev–Trinajstić information content (AvgIpc) is 2.95. The zero-order valence-electron chi connectivity index (χ0n) is 25.0. The summed E-state index contributed by atoms with van der Waals surface area (Å²) in [6.07, 6.45) is 1.00. The number of benzene rings is 3. The smallest absolute Gasteiger partial charge is 0.344 e. The van der Waals surface area contributed by atoms with Crippen molar-refractivity contribution in [2.45, 2.75) is 53.6 Å². The monoisotopic (exact) mass is 586 g/mol. The summed E-state index contributed by atoms with van der Waals surface area (Å²) in [6, 6.07) is 15.1. The Balaban J connectivity index is 1.81. The molecule has 4 rings (SSSR count). The van der Waals surface area contributed by atoms with Crippen molar-refractivity contribution < 1.29 is 23.9 Å². The van der Waals surface area contributed by atoms with Gasteiger partial charge in [-0.25, -0.2) is 9.78 Å². The Labute approximate surface area is 248 Å². The summed E-state index contributed by atoms with van der Waals surface area (Å²) in [5, 5.41) is 16.6. The van der Waals surface area contributed by atoms with E-state index in [0.29, 0.717) is 34.5 Å². The van der Waals surface area contributed by atoms with Gasteiger partial charge in [0, 0.05) is 17.2 Å². The second kappa shape index (κ2) is 13.3. The van der Waals surface area contributed by atoms with E-state index in [-0.39, 0.29) is 23.5 Å². The number of nitrogens with zero attached hydrogens (tertiary/aromatic N) is 4. The van der Waals surface area contributed by atoms with E-state index in [2.05, 4.69) is 18.9 Å². The zero-order chi connectivity index (χ0) is 31.3. The van der Waals surface area contributed by atoms with Crippen LogP contribution in [0.3, 0.4) is 0 Å². The molecule has 11 nitrogen and oxygen atoms in total. The van der Waals surface area contributed by atoms with Crippen LogP contribution in [0.15, 0.2) is 64.5 Å². The Hall–Kier alpha value is -5.06. The number of carbonyl (C=O) groups is 1. The molecule has 0 aliphatic rings. The van der Waals surface area contributed by atoms with Crippen molar-refractivity contribution in [1.82, 2.24) is 9.66 Å². The molecular weight excluding hydrogens is 552 g/mol. The van der Waals surface area contributed by atoms with E-state index in [4.69, 9.17) is 19.2 Å². The zero-order valence-corrected chi connectivity index (χ0v) is 25.0. The molecule has 0 saturated carbocycles. The summed E-state index contributed by atoms with van der Waals surface area (Å²) in [5.41, 5.74) is 2.59. The van der Waals surface area contributed by atoms with Crippen LogP contribution < -0.4 is 15.0 Å². The number of hydrogen-bond donors (Lipinski definition) is 0. The van der Waals surface area contributed by atoms with Gasteiger partial charge < -0.3 is 14.2 Å².